The van der Waals surface area contributed by atoms with Gasteiger partial charge < -0.3 is 14.8 Å². The smallest absolute Gasteiger partial charge is 0.381 e. The van der Waals surface area contributed by atoms with E-state index in [1.165, 1.54) is 0 Å². The highest BCUT2D eigenvalue weighted by Crippen LogP contribution is 2.33. The van der Waals surface area contributed by atoms with Gasteiger partial charge in [-0.25, -0.2) is 0 Å². The summed E-state index contributed by atoms with van der Waals surface area (Å²) in [5.41, 5.74) is 0.0126. The standard InChI is InChI=1S/C14H26F3NO2/c1-12(2)9-18-10-13(3-6-19-7-4-13)5-8-20-11-14(15,16)17/h12,18H,3-11H2,1-2H3. The summed E-state index contributed by atoms with van der Waals surface area (Å²) < 4.78 is 46.3. The van der Waals surface area contributed by atoms with Crippen molar-refractivity contribution in [2.45, 2.75) is 39.3 Å². The second kappa shape index (κ2) is 8.20. The predicted octanol–water partition coefficient (Wildman–Crippen LogP) is 3.00. The molecular weight excluding hydrogens is 271 g/mol. The minimum atomic E-state index is -4.24. The zero-order valence-electron chi connectivity index (χ0n) is 12.4. The maximum atomic E-state index is 12.1. The van der Waals surface area contributed by atoms with Crippen molar-refractivity contribution < 1.29 is 22.6 Å². The molecule has 20 heavy (non-hydrogen) atoms. The van der Waals surface area contributed by atoms with Gasteiger partial charge in [0.2, 0.25) is 0 Å². The van der Waals surface area contributed by atoms with Gasteiger partial charge in [0, 0.05) is 26.4 Å². The average Bonchev–Trinajstić information content (AvgIpc) is 2.34. The van der Waals surface area contributed by atoms with Crippen LogP contribution in [0.15, 0.2) is 0 Å². The summed E-state index contributed by atoms with van der Waals surface area (Å²) in [4.78, 5) is 0. The Morgan fingerprint density at radius 2 is 1.90 bits per heavy atom. The van der Waals surface area contributed by atoms with Crippen molar-refractivity contribution in [2.75, 3.05) is 39.5 Å². The summed E-state index contributed by atoms with van der Waals surface area (Å²) in [7, 11) is 0. The molecule has 0 aromatic heterocycles. The van der Waals surface area contributed by atoms with Crippen molar-refractivity contribution in [1.29, 1.82) is 0 Å². The van der Waals surface area contributed by atoms with Crippen molar-refractivity contribution in [1.82, 2.24) is 5.32 Å². The van der Waals surface area contributed by atoms with Gasteiger partial charge in [0.1, 0.15) is 6.61 Å². The quantitative estimate of drug-likeness (QED) is 0.699. The maximum absolute atomic E-state index is 12.1. The molecule has 1 aliphatic heterocycles. The second-order valence-corrected chi connectivity index (χ2v) is 6.05. The third-order valence-corrected chi connectivity index (χ3v) is 3.65. The van der Waals surface area contributed by atoms with Crippen LogP contribution in [0.5, 0.6) is 0 Å². The fraction of sp³-hybridized carbons (Fsp3) is 1.00. The minimum Gasteiger partial charge on any atom is -0.381 e. The lowest BCUT2D eigenvalue weighted by atomic mass is 9.77. The summed E-state index contributed by atoms with van der Waals surface area (Å²) >= 11 is 0. The lowest BCUT2D eigenvalue weighted by molar-refractivity contribution is -0.176. The number of rotatable bonds is 8. The topological polar surface area (TPSA) is 30.5 Å². The molecule has 0 aliphatic carbocycles. The molecule has 1 saturated heterocycles. The van der Waals surface area contributed by atoms with E-state index < -0.39 is 12.8 Å². The van der Waals surface area contributed by atoms with Crippen LogP contribution in [0.4, 0.5) is 13.2 Å². The maximum Gasteiger partial charge on any atom is 0.411 e. The molecule has 1 aliphatic rings. The summed E-state index contributed by atoms with van der Waals surface area (Å²) in [5.74, 6) is 0.563. The molecule has 6 heteroatoms. The van der Waals surface area contributed by atoms with Crippen LogP contribution in [0.1, 0.15) is 33.1 Å². The summed E-state index contributed by atoms with van der Waals surface area (Å²) in [6.45, 7) is 6.38. The molecule has 0 saturated carbocycles. The van der Waals surface area contributed by atoms with E-state index >= 15 is 0 Å². The number of ether oxygens (including phenoxy) is 2. The van der Waals surface area contributed by atoms with Crippen LogP contribution in [-0.4, -0.2) is 45.7 Å². The van der Waals surface area contributed by atoms with E-state index in [1.54, 1.807) is 0 Å². The molecule has 0 atom stereocenters. The van der Waals surface area contributed by atoms with Crippen molar-refractivity contribution in [3.8, 4) is 0 Å². The Morgan fingerprint density at radius 3 is 2.45 bits per heavy atom. The third kappa shape index (κ3) is 7.45. The molecule has 0 amide bonds. The van der Waals surface area contributed by atoms with E-state index in [1.807, 2.05) is 0 Å². The molecule has 0 aromatic carbocycles. The molecular formula is C14H26F3NO2. The Morgan fingerprint density at radius 1 is 1.25 bits per heavy atom. The van der Waals surface area contributed by atoms with Crippen LogP contribution in [0.25, 0.3) is 0 Å². The lowest BCUT2D eigenvalue weighted by Gasteiger charge is -2.37. The average molecular weight is 297 g/mol. The van der Waals surface area contributed by atoms with E-state index in [-0.39, 0.29) is 12.0 Å². The molecule has 0 aromatic rings. The molecule has 120 valence electrons. The molecule has 1 N–H and O–H groups in total. The SMILES string of the molecule is CC(C)CNCC1(CCOCC(F)(F)F)CCOCC1. The number of alkyl halides is 3. The van der Waals surface area contributed by atoms with Crippen LogP contribution >= 0.6 is 0 Å². The minimum absolute atomic E-state index is 0.0126. The first-order chi connectivity index (χ1) is 9.33. The van der Waals surface area contributed by atoms with Gasteiger partial charge in [-0.3, -0.25) is 0 Å². The Kier molecular flexibility index (Phi) is 7.26. The lowest BCUT2D eigenvalue weighted by Crippen LogP contribution is -2.41. The van der Waals surface area contributed by atoms with Gasteiger partial charge in [-0.1, -0.05) is 13.8 Å². The fourth-order valence-electron chi connectivity index (χ4n) is 2.42. The molecule has 3 nitrogen and oxygen atoms in total. The van der Waals surface area contributed by atoms with Crippen molar-refractivity contribution >= 4 is 0 Å². The summed E-state index contributed by atoms with van der Waals surface area (Å²) in [6.07, 6.45) is -1.82. The van der Waals surface area contributed by atoms with Crippen LogP contribution in [0, 0.1) is 11.3 Å². The number of nitrogens with one attached hydrogen (secondary N) is 1. The van der Waals surface area contributed by atoms with Gasteiger partial charge in [-0.2, -0.15) is 13.2 Å². The van der Waals surface area contributed by atoms with Crippen LogP contribution in [0.2, 0.25) is 0 Å². The first-order valence-corrected chi connectivity index (χ1v) is 7.26. The highest BCUT2D eigenvalue weighted by molar-refractivity contribution is 4.84. The molecule has 0 spiro atoms. The largest absolute Gasteiger partial charge is 0.411 e. The van der Waals surface area contributed by atoms with Crippen molar-refractivity contribution in [3.05, 3.63) is 0 Å². The summed E-state index contributed by atoms with van der Waals surface area (Å²) in [5, 5.41) is 3.42. The van der Waals surface area contributed by atoms with Gasteiger partial charge in [-0.15, -0.1) is 0 Å². The Labute approximate surface area is 119 Å². The highest BCUT2D eigenvalue weighted by atomic mass is 19.4. The summed E-state index contributed by atoms with van der Waals surface area (Å²) in [6, 6.07) is 0. The van der Waals surface area contributed by atoms with E-state index in [9.17, 15) is 13.2 Å². The van der Waals surface area contributed by atoms with Gasteiger partial charge in [0.05, 0.1) is 0 Å². The predicted molar refractivity (Wildman–Crippen MR) is 71.7 cm³/mol. The molecule has 1 heterocycles. The molecule has 1 rings (SSSR count). The van der Waals surface area contributed by atoms with E-state index in [4.69, 9.17) is 9.47 Å². The highest BCUT2D eigenvalue weighted by Gasteiger charge is 2.33. The van der Waals surface area contributed by atoms with Crippen molar-refractivity contribution in [2.24, 2.45) is 11.3 Å². The normalized spacial score (nSPS) is 19.5. The molecule has 0 radical (unpaired) electrons. The zero-order valence-corrected chi connectivity index (χ0v) is 12.4. The molecule has 1 fully saturated rings. The Bertz CT molecular complexity index is 264. The zero-order chi connectivity index (χ0) is 15.1. The van der Waals surface area contributed by atoms with Crippen LogP contribution < -0.4 is 5.32 Å². The van der Waals surface area contributed by atoms with Gasteiger partial charge >= 0.3 is 6.18 Å². The second-order valence-electron chi connectivity index (χ2n) is 6.05. The van der Waals surface area contributed by atoms with Crippen molar-refractivity contribution in [3.63, 3.8) is 0 Å². The van der Waals surface area contributed by atoms with E-state index in [0.29, 0.717) is 25.6 Å². The number of hydrogen-bond acceptors (Lipinski definition) is 3. The number of halogens is 3. The monoisotopic (exact) mass is 297 g/mol. The third-order valence-electron chi connectivity index (χ3n) is 3.65. The van der Waals surface area contributed by atoms with Gasteiger partial charge in [0.25, 0.3) is 0 Å². The van der Waals surface area contributed by atoms with Crippen LogP contribution in [-0.2, 0) is 9.47 Å². The van der Waals surface area contributed by atoms with Gasteiger partial charge in [-0.05, 0) is 37.1 Å². The molecule has 0 unspecified atom stereocenters. The van der Waals surface area contributed by atoms with E-state index in [0.717, 1.165) is 25.9 Å². The van der Waals surface area contributed by atoms with Crippen LogP contribution in [0.3, 0.4) is 0 Å². The van der Waals surface area contributed by atoms with Gasteiger partial charge in [0.15, 0.2) is 0 Å². The first kappa shape index (κ1) is 17.7. The number of hydrogen-bond donors (Lipinski definition) is 1. The molecule has 0 bridgehead atoms. The first-order valence-electron chi connectivity index (χ1n) is 7.26. The fourth-order valence-corrected chi connectivity index (χ4v) is 2.42. The Hall–Kier alpha value is -0.330. The van der Waals surface area contributed by atoms with E-state index in [2.05, 4.69) is 19.2 Å². The Balaban J connectivity index is 2.34.